The Morgan fingerprint density at radius 1 is 1.31 bits per heavy atom. The van der Waals surface area contributed by atoms with E-state index in [1.165, 1.54) is 6.07 Å². The van der Waals surface area contributed by atoms with Crippen molar-refractivity contribution in [2.75, 3.05) is 13.1 Å². The number of hydrogen-bond donors (Lipinski definition) is 2. The van der Waals surface area contributed by atoms with E-state index < -0.39 is 40.3 Å². The van der Waals surface area contributed by atoms with Crippen molar-refractivity contribution < 1.29 is 28.2 Å². The average molecular weight is 250 g/mol. The van der Waals surface area contributed by atoms with Crippen LogP contribution in [0, 0.1) is 11.3 Å². The molecule has 9 heteroatoms. The third-order valence-corrected chi connectivity index (χ3v) is 3.59. The Balaban J connectivity index is 5.11. The lowest BCUT2D eigenvalue weighted by atomic mass is 10.5. The average Bonchev–Trinajstić information content (AvgIpc) is 2.13. The number of rotatable bonds is 6. The Kier molecular flexibility index (Phi) is 4.87. The van der Waals surface area contributed by atoms with Gasteiger partial charge in [-0.15, -0.1) is 0 Å². The van der Waals surface area contributed by atoms with Gasteiger partial charge in [-0.05, 0) is 6.92 Å². The van der Waals surface area contributed by atoms with Crippen LogP contribution in [0.4, 0.5) is 0 Å². The molecule has 0 aliphatic carbocycles. The molecule has 0 amide bonds. The number of hydrogen-bond acceptors (Lipinski definition) is 5. The van der Waals surface area contributed by atoms with Gasteiger partial charge in [0.15, 0.2) is 5.25 Å². The highest BCUT2D eigenvalue weighted by Gasteiger charge is 2.31. The lowest BCUT2D eigenvalue weighted by Crippen LogP contribution is -2.43. The molecule has 0 radical (unpaired) electrons. The lowest BCUT2D eigenvalue weighted by molar-refractivity contribution is -0.139. The first-order valence-corrected chi connectivity index (χ1v) is 5.54. The smallest absolute Gasteiger partial charge is 0.318 e. The molecule has 1 atom stereocenters. The van der Waals surface area contributed by atoms with Crippen LogP contribution in [0.25, 0.3) is 0 Å². The molecule has 0 rings (SSSR count). The van der Waals surface area contributed by atoms with Crippen LogP contribution in [0.5, 0.6) is 0 Å². The quantitative estimate of drug-likeness (QED) is 0.597. The van der Waals surface area contributed by atoms with Gasteiger partial charge in [-0.1, -0.05) is 0 Å². The van der Waals surface area contributed by atoms with E-state index in [1.807, 2.05) is 0 Å². The summed E-state index contributed by atoms with van der Waals surface area (Å²) in [5, 5.41) is 23.8. The lowest BCUT2D eigenvalue weighted by Gasteiger charge is -2.19. The summed E-state index contributed by atoms with van der Waals surface area (Å²) in [6, 6.07) is 1.42. The molecular weight excluding hydrogens is 240 g/mol. The van der Waals surface area contributed by atoms with Gasteiger partial charge in [0.05, 0.1) is 6.07 Å². The number of nitriles is 1. The zero-order valence-corrected chi connectivity index (χ0v) is 9.14. The Bertz CT molecular complexity index is 407. The SMILES string of the molecule is CC(C#N)S(=O)(=O)N(CC(=O)O)CC(=O)O. The summed E-state index contributed by atoms with van der Waals surface area (Å²) < 4.78 is 23.3. The van der Waals surface area contributed by atoms with E-state index in [4.69, 9.17) is 15.5 Å². The molecule has 0 aromatic rings. The number of aliphatic carboxylic acids is 2. The Morgan fingerprint density at radius 2 is 1.69 bits per heavy atom. The Labute approximate surface area is 91.8 Å². The third-order valence-electron chi connectivity index (χ3n) is 1.61. The van der Waals surface area contributed by atoms with Crippen LogP contribution >= 0.6 is 0 Å². The highest BCUT2D eigenvalue weighted by molar-refractivity contribution is 7.90. The van der Waals surface area contributed by atoms with E-state index in [-0.39, 0.29) is 4.31 Å². The minimum atomic E-state index is -4.23. The van der Waals surface area contributed by atoms with E-state index in [0.29, 0.717) is 0 Å². The zero-order chi connectivity index (χ0) is 12.9. The van der Waals surface area contributed by atoms with Crippen LogP contribution in [0.1, 0.15) is 6.92 Å². The minimum absolute atomic E-state index is 0.242. The van der Waals surface area contributed by atoms with Crippen molar-refractivity contribution in [3.05, 3.63) is 0 Å². The van der Waals surface area contributed by atoms with E-state index >= 15 is 0 Å². The van der Waals surface area contributed by atoms with Gasteiger partial charge < -0.3 is 10.2 Å². The summed E-state index contributed by atoms with van der Waals surface area (Å²) in [6.07, 6.45) is 0. The predicted molar refractivity (Wildman–Crippen MR) is 50.8 cm³/mol. The van der Waals surface area contributed by atoms with Crippen molar-refractivity contribution in [3.63, 3.8) is 0 Å². The molecular formula is C7H10N2O6S. The van der Waals surface area contributed by atoms with Crippen LogP contribution in [0.2, 0.25) is 0 Å². The molecule has 0 bridgehead atoms. The van der Waals surface area contributed by atoms with E-state index in [2.05, 4.69) is 0 Å². The number of carbonyl (C=O) groups is 2. The molecule has 90 valence electrons. The van der Waals surface area contributed by atoms with Gasteiger partial charge in [0.1, 0.15) is 13.1 Å². The number of nitrogens with zero attached hydrogens (tertiary/aromatic N) is 2. The fourth-order valence-corrected chi connectivity index (χ4v) is 1.99. The largest absolute Gasteiger partial charge is 0.480 e. The maximum absolute atomic E-state index is 11.5. The first-order valence-electron chi connectivity index (χ1n) is 4.04. The molecule has 0 fully saturated rings. The fourth-order valence-electron chi connectivity index (χ4n) is 0.828. The van der Waals surface area contributed by atoms with Gasteiger partial charge in [0, 0.05) is 0 Å². The number of carboxylic acid groups (broad SMARTS) is 2. The van der Waals surface area contributed by atoms with Crippen LogP contribution in [0.15, 0.2) is 0 Å². The molecule has 1 unspecified atom stereocenters. The fraction of sp³-hybridized carbons (Fsp3) is 0.571. The van der Waals surface area contributed by atoms with Gasteiger partial charge in [0.25, 0.3) is 0 Å². The van der Waals surface area contributed by atoms with Crippen molar-refractivity contribution in [1.82, 2.24) is 4.31 Å². The normalized spacial score (nSPS) is 13.1. The molecule has 0 aromatic carbocycles. The van der Waals surface area contributed by atoms with Gasteiger partial charge in [0.2, 0.25) is 10.0 Å². The third kappa shape index (κ3) is 3.84. The van der Waals surface area contributed by atoms with Crippen LogP contribution in [-0.4, -0.2) is 53.2 Å². The van der Waals surface area contributed by atoms with Gasteiger partial charge in [-0.3, -0.25) is 9.59 Å². The summed E-state index contributed by atoms with van der Waals surface area (Å²) >= 11 is 0. The maximum atomic E-state index is 11.5. The second kappa shape index (κ2) is 5.43. The van der Waals surface area contributed by atoms with Crippen molar-refractivity contribution in [1.29, 1.82) is 5.26 Å². The molecule has 0 aliphatic heterocycles. The molecule has 8 nitrogen and oxygen atoms in total. The van der Waals surface area contributed by atoms with Crippen LogP contribution in [-0.2, 0) is 19.6 Å². The summed E-state index contributed by atoms with van der Waals surface area (Å²) in [6.45, 7) is -0.923. The summed E-state index contributed by atoms with van der Waals surface area (Å²) in [5.74, 6) is -2.98. The first kappa shape index (κ1) is 14.3. The number of carboxylic acids is 2. The molecule has 0 saturated carbocycles. The molecule has 0 spiro atoms. The van der Waals surface area contributed by atoms with Gasteiger partial charge >= 0.3 is 11.9 Å². The molecule has 0 aromatic heterocycles. The molecule has 0 saturated heterocycles. The molecule has 0 aliphatic rings. The maximum Gasteiger partial charge on any atom is 0.318 e. The van der Waals surface area contributed by atoms with Gasteiger partial charge in [-0.2, -0.15) is 9.57 Å². The summed E-state index contributed by atoms with van der Waals surface area (Å²) in [5.41, 5.74) is 0. The van der Waals surface area contributed by atoms with Crippen molar-refractivity contribution >= 4 is 22.0 Å². The first-order chi connectivity index (χ1) is 7.21. The van der Waals surface area contributed by atoms with Crippen molar-refractivity contribution in [2.45, 2.75) is 12.2 Å². The zero-order valence-electron chi connectivity index (χ0n) is 8.32. The standard InChI is InChI=1S/C7H10N2O6S/c1-5(2-8)16(14,15)9(3-6(10)11)4-7(12)13/h5H,3-4H2,1H3,(H,10,11)(H,12,13). The summed E-state index contributed by atoms with van der Waals surface area (Å²) in [4.78, 5) is 20.7. The van der Waals surface area contributed by atoms with Crippen LogP contribution in [0.3, 0.4) is 0 Å². The van der Waals surface area contributed by atoms with Crippen molar-refractivity contribution in [2.24, 2.45) is 0 Å². The molecule has 0 heterocycles. The minimum Gasteiger partial charge on any atom is -0.480 e. The van der Waals surface area contributed by atoms with Gasteiger partial charge in [-0.25, -0.2) is 8.42 Å². The van der Waals surface area contributed by atoms with E-state index in [9.17, 15) is 18.0 Å². The highest BCUT2D eigenvalue weighted by atomic mass is 32.2. The molecule has 16 heavy (non-hydrogen) atoms. The van der Waals surface area contributed by atoms with Crippen molar-refractivity contribution in [3.8, 4) is 6.07 Å². The highest BCUT2D eigenvalue weighted by Crippen LogP contribution is 2.07. The van der Waals surface area contributed by atoms with E-state index in [1.54, 1.807) is 0 Å². The van der Waals surface area contributed by atoms with E-state index in [0.717, 1.165) is 6.92 Å². The topological polar surface area (TPSA) is 136 Å². The summed E-state index contributed by atoms with van der Waals surface area (Å²) in [7, 11) is -4.23. The van der Waals surface area contributed by atoms with Crippen LogP contribution < -0.4 is 0 Å². The second-order valence-corrected chi connectivity index (χ2v) is 5.13. The second-order valence-electron chi connectivity index (χ2n) is 2.87. The monoisotopic (exact) mass is 250 g/mol. The predicted octanol–water partition coefficient (Wildman–Crippen LogP) is -1.30. The Morgan fingerprint density at radius 3 is 1.94 bits per heavy atom. The molecule has 2 N–H and O–H groups in total. The number of sulfonamides is 1. The Hall–Kier alpha value is -1.66.